The van der Waals surface area contributed by atoms with E-state index in [1.165, 1.54) is 6.92 Å². The summed E-state index contributed by atoms with van der Waals surface area (Å²) in [4.78, 5) is 22.8. The Morgan fingerprint density at radius 3 is 2.28 bits per heavy atom. The number of urea groups is 1. The minimum Gasteiger partial charge on any atom is -0.335 e. The lowest BCUT2D eigenvalue weighted by Gasteiger charge is -2.33. The van der Waals surface area contributed by atoms with Crippen LogP contribution in [0.15, 0.2) is 24.3 Å². The van der Waals surface area contributed by atoms with Crippen molar-refractivity contribution in [3.63, 3.8) is 0 Å². The standard InChI is InChI=1S/C14H18N2O2/c1-9-7-13(8-9)16-14(18)15-12-5-3-11(4-6-12)10(2)17/h3-6,9,13H,7-8H2,1-2H3,(H2,15,16,18). The van der Waals surface area contributed by atoms with E-state index in [2.05, 4.69) is 17.6 Å². The van der Waals surface area contributed by atoms with Crippen molar-refractivity contribution in [2.45, 2.75) is 32.7 Å². The molecule has 0 spiro atoms. The molecule has 1 fully saturated rings. The third-order valence-electron chi connectivity index (χ3n) is 3.26. The molecule has 0 aromatic heterocycles. The Kier molecular flexibility index (Phi) is 3.65. The monoisotopic (exact) mass is 246 g/mol. The van der Waals surface area contributed by atoms with E-state index in [4.69, 9.17) is 0 Å². The average molecular weight is 246 g/mol. The number of anilines is 1. The number of ketones is 1. The summed E-state index contributed by atoms with van der Waals surface area (Å²) in [7, 11) is 0. The maximum Gasteiger partial charge on any atom is 0.319 e. The van der Waals surface area contributed by atoms with E-state index in [0.29, 0.717) is 23.2 Å². The number of rotatable bonds is 3. The molecule has 1 aliphatic carbocycles. The predicted octanol–water partition coefficient (Wildman–Crippen LogP) is 2.81. The van der Waals surface area contributed by atoms with Crippen molar-refractivity contribution in [2.75, 3.05) is 5.32 Å². The van der Waals surface area contributed by atoms with Crippen molar-refractivity contribution in [3.05, 3.63) is 29.8 Å². The molecule has 0 unspecified atom stereocenters. The van der Waals surface area contributed by atoms with Gasteiger partial charge in [0.2, 0.25) is 0 Å². The highest BCUT2D eigenvalue weighted by atomic mass is 16.2. The van der Waals surface area contributed by atoms with Crippen LogP contribution in [0.1, 0.15) is 37.0 Å². The Morgan fingerprint density at radius 1 is 1.17 bits per heavy atom. The molecule has 0 aliphatic heterocycles. The molecule has 0 saturated heterocycles. The van der Waals surface area contributed by atoms with Crippen LogP contribution in [0.25, 0.3) is 0 Å². The zero-order chi connectivity index (χ0) is 13.1. The number of carbonyl (C=O) groups is 2. The molecular weight excluding hydrogens is 228 g/mol. The molecule has 2 N–H and O–H groups in total. The van der Waals surface area contributed by atoms with Gasteiger partial charge in [-0.25, -0.2) is 4.79 Å². The quantitative estimate of drug-likeness (QED) is 0.806. The van der Waals surface area contributed by atoms with E-state index in [9.17, 15) is 9.59 Å². The van der Waals surface area contributed by atoms with Gasteiger partial charge in [0.05, 0.1) is 0 Å². The molecule has 18 heavy (non-hydrogen) atoms. The number of benzene rings is 1. The second kappa shape index (κ2) is 5.21. The molecule has 0 radical (unpaired) electrons. The fraction of sp³-hybridized carbons (Fsp3) is 0.429. The minimum atomic E-state index is -0.178. The van der Waals surface area contributed by atoms with E-state index in [0.717, 1.165) is 12.8 Å². The minimum absolute atomic E-state index is 0.0226. The molecule has 0 bridgehead atoms. The molecule has 0 heterocycles. The summed E-state index contributed by atoms with van der Waals surface area (Å²) in [6.45, 7) is 3.70. The van der Waals surface area contributed by atoms with Gasteiger partial charge in [-0.05, 0) is 49.9 Å². The van der Waals surface area contributed by atoms with Crippen molar-refractivity contribution < 1.29 is 9.59 Å². The van der Waals surface area contributed by atoms with E-state index < -0.39 is 0 Å². The lowest BCUT2D eigenvalue weighted by Crippen LogP contribution is -2.45. The fourth-order valence-corrected chi connectivity index (χ4v) is 2.16. The first-order valence-corrected chi connectivity index (χ1v) is 6.23. The second-order valence-corrected chi connectivity index (χ2v) is 5.01. The van der Waals surface area contributed by atoms with Crippen molar-refractivity contribution in [1.82, 2.24) is 5.32 Å². The third-order valence-corrected chi connectivity index (χ3v) is 3.26. The summed E-state index contributed by atoms with van der Waals surface area (Å²) in [5.74, 6) is 0.736. The van der Waals surface area contributed by atoms with Gasteiger partial charge in [-0.3, -0.25) is 4.79 Å². The van der Waals surface area contributed by atoms with Crippen LogP contribution in [0, 0.1) is 5.92 Å². The molecule has 1 aliphatic rings. The van der Waals surface area contributed by atoms with Crippen LogP contribution in [0.5, 0.6) is 0 Å². The van der Waals surface area contributed by atoms with Crippen LogP contribution in [-0.2, 0) is 0 Å². The van der Waals surface area contributed by atoms with Gasteiger partial charge in [-0.2, -0.15) is 0 Å². The van der Waals surface area contributed by atoms with E-state index in [-0.39, 0.29) is 11.8 Å². The molecule has 2 rings (SSSR count). The van der Waals surface area contributed by atoms with Crippen LogP contribution < -0.4 is 10.6 Å². The smallest absolute Gasteiger partial charge is 0.319 e. The van der Waals surface area contributed by atoms with Gasteiger partial charge < -0.3 is 10.6 Å². The molecule has 2 amide bonds. The summed E-state index contributed by atoms with van der Waals surface area (Å²) < 4.78 is 0. The zero-order valence-electron chi connectivity index (χ0n) is 10.7. The van der Waals surface area contributed by atoms with Crippen LogP contribution >= 0.6 is 0 Å². The molecule has 0 atom stereocenters. The Labute approximate surface area is 107 Å². The zero-order valence-corrected chi connectivity index (χ0v) is 10.7. The first-order valence-electron chi connectivity index (χ1n) is 6.23. The molecule has 1 aromatic carbocycles. The Hall–Kier alpha value is -1.84. The first kappa shape index (κ1) is 12.6. The Bertz CT molecular complexity index is 447. The maximum absolute atomic E-state index is 11.7. The van der Waals surface area contributed by atoms with E-state index >= 15 is 0 Å². The molecule has 1 saturated carbocycles. The van der Waals surface area contributed by atoms with Crippen LogP contribution in [0.3, 0.4) is 0 Å². The lowest BCUT2D eigenvalue weighted by atomic mass is 9.82. The SMILES string of the molecule is CC(=O)c1ccc(NC(=O)NC2CC(C)C2)cc1. The largest absolute Gasteiger partial charge is 0.335 e. The predicted molar refractivity (Wildman–Crippen MR) is 70.8 cm³/mol. The Balaban J connectivity index is 1.85. The van der Waals surface area contributed by atoms with Crippen LogP contribution in [0.4, 0.5) is 10.5 Å². The normalized spacial score (nSPS) is 21.9. The number of nitrogens with one attached hydrogen (secondary N) is 2. The number of carbonyl (C=O) groups excluding carboxylic acids is 2. The highest BCUT2D eigenvalue weighted by molar-refractivity contribution is 5.95. The third kappa shape index (κ3) is 3.09. The fourth-order valence-electron chi connectivity index (χ4n) is 2.16. The van der Waals surface area contributed by atoms with E-state index in [1.54, 1.807) is 24.3 Å². The summed E-state index contributed by atoms with van der Waals surface area (Å²) in [6.07, 6.45) is 2.10. The van der Waals surface area contributed by atoms with Crippen molar-refractivity contribution in [1.29, 1.82) is 0 Å². The van der Waals surface area contributed by atoms with Gasteiger partial charge in [0.25, 0.3) is 0 Å². The number of hydrogen-bond acceptors (Lipinski definition) is 2. The Morgan fingerprint density at radius 2 is 1.78 bits per heavy atom. The number of hydrogen-bond donors (Lipinski definition) is 2. The molecule has 4 nitrogen and oxygen atoms in total. The first-order chi connectivity index (χ1) is 8.54. The summed E-state index contributed by atoms with van der Waals surface area (Å²) in [5, 5.41) is 5.68. The lowest BCUT2D eigenvalue weighted by molar-refractivity contribution is 0.101. The van der Waals surface area contributed by atoms with Crippen molar-refractivity contribution in [3.8, 4) is 0 Å². The van der Waals surface area contributed by atoms with Gasteiger partial charge in [0, 0.05) is 17.3 Å². The topological polar surface area (TPSA) is 58.2 Å². The highest BCUT2D eigenvalue weighted by Crippen LogP contribution is 2.26. The number of amides is 2. The second-order valence-electron chi connectivity index (χ2n) is 5.01. The summed E-state index contributed by atoms with van der Waals surface area (Å²) >= 11 is 0. The van der Waals surface area contributed by atoms with Crippen LogP contribution in [-0.4, -0.2) is 17.9 Å². The number of Topliss-reactive ketones (excluding diaryl/α,β-unsaturated/α-hetero) is 1. The van der Waals surface area contributed by atoms with Gasteiger partial charge in [0.1, 0.15) is 0 Å². The molecule has 96 valence electrons. The van der Waals surface area contributed by atoms with Crippen LogP contribution in [0.2, 0.25) is 0 Å². The molecule has 1 aromatic rings. The van der Waals surface area contributed by atoms with Gasteiger partial charge in [-0.1, -0.05) is 6.92 Å². The van der Waals surface area contributed by atoms with Gasteiger partial charge in [0.15, 0.2) is 5.78 Å². The highest BCUT2D eigenvalue weighted by Gasteiger charge is 2.26. The van der Waals surface area contributed by atoms with Crippen molar-refractivity contribution in [2.24, 2.45) is 5.92 Å². The average Bonchev–Trinajstić information content (AvgIpc) is 2.27. The maximum atomic E-state index is 11.7. The van der Waals surface area contributed by atoms with Gasteiger partial charge >= 0.3 is 6.03 Å². The summed E-state index contributed by atoms with van der Waals surface area (Å²) in [6, 6.07) is 7.02. The molecule has 4 heteroatoms. The van der Waals surface area contributed by atoms with Crippen molar-refractivity contribution >= 4 is 17.5 Å². The van der Waals surface area contributed by atoms with E-state index in [1.807, 2.05) is 0 Å². The summed E-state index contributed by atoms with van der Waals surface area (Å²) in [5.41, 5.74) is 1.35. The molecular formula is C14H18N2O2. The van der Waals surface area contributed by atoms with Gasteiger partial charge in [-0.15, -0.1) is 0 Å².